The highest BCUT2D eigenvalue weighted by atomic mass is 32.1. The minimum atomic E-state index is -3.55. The molecule has 0 spiro atoms. The van der Waals surface area contributed by atoms with Crippen LogP contribution < -0.4 is 15.0 Å². The van der Waals surface area contributed by atoms with Gasteiger partial charge in [-0.1, -0.05) is 6.07 Å². The van der Waals surface area contributed by atoms with Crippen molar-refractivity contribution in [3.05, 3.63) is 59.9 Å². The second kappa shape index (κ2) is 7.89. The first kappa shape index (κ1) is 20.3. The van der Waals surface area contributed by atoms with Crippen molar-refractivity contribution in [2.24, 2.45) is 0 Å². The van der Waals surface area contributed by atoms with E-state index in [9.17, 15) is 8.78 Å². The summed E-state index contributed by atoms with van der Waals surface area (Å²) in [4.78, 5) is 14.9. The monoisotopic (exact) mass is 467 g/mol. The Morgan fingerprint density at radius 3 is 2.79 bits per heavy atom. The number of ether oxygens (including phenoxy) is 1. The highest BCUT2D eigenvalue weighted by Crippen LogP contribution is 2.40. The molecule has 33 heavy (non-hydrogen) atoms. The van der Waals surface area contributed by atoms with Crippen molar-refractivity contribution in [2.45, 2.75) is 24.6 Å². The van der Waals surface area contributed by atoms with E-state index in [0.717, 1.165) is 24.5 Å². The Bertz CT molecular complexity index is 1290. The molecule has 168 valence electrons. The Kier molecular flexibility index (Phi) is 4.84. The summed E-state index contributed by atoms with van der Waals surface area (Å²) in [6.07, 6.45) is 4.32. The summed E-state index contributed by atoms with van der Waals surface area (Å²) >= 11 is 1.44. The van der Waals surface area contributed by atoms with Crippen molar-refractivity contribution in [3.63, 3.8) is 0 Å². The Morgan fingerprint density at radius 1 is 1.21 bits per heavy atom. The van der Waals surface area contributed by atoms with Crippen LogP contribution in [0.15, 0.2) is 58.7 Å². The number of nitrogens with one attached hydrogen (secondary N) is 1. The lowest BCUT2D eigenvalue weighted by atomic mass is 9.92. The van der Waals surface area contributed by atoms with Crippen molar-refractivity contribution in [2.75, 3.05) is 18.0 Å². The lowest BCUT2D eigenvalue weighted by Crippen LogP contribution is -2.67. The molecule has 0 radical (unpaired) electrons. The fourth-order valence-electron chi connectivity index (χ4n) is 4.23. The highest BCUT2D eigenvalue weighted by Gasteiger charge is 2.38. The first-order chi connectivity index (χ1) is 16.0. The first-order valence-electron chi connectivity index (χ1n) is 10.5. The van der Waals surface area contributed by atoms with Crippen molar-refractivity contribution in [1.29, 1.82) is 0 Å². The Balaban J connectivity index is 1.36. The molecule has 3 aliphatic rings. The number of aromatic nitrogens is 3. The third-order valence-electron chi connectivity index (χ3n) is 5.75. The van der Waals surface area contributed by atoms with Crippen LogP contribution in [0.5, 0.6) is 5.75 Å². The van der Waals surface area contributed by atoms with Gasteiger partial charge in [-0.15, -0.1) is 11.3 Å². The summed E-state index contributed by atoms with van der Waals surface area (Å²) in [5.41, 5.74) is 1.88. The number of hydrogen-bond donors (Lipinski definition) is 1. The maximum Gasteiger partial charge on any atom is 0.420 e. The predicted octanol–water partition coefficient (Wildman–Crippen LogP) is 4.58. The summed E-state index contributed by atoms with van der Waals surface area (Å²) in [6, 6.07) is 7.74. The molecule has 7 rings (SSSR count). The first-order valence-corrected chi connectivity index (χ1v) is 11.4. The van der Waals surface area contributed by atoms with E-state index in [1.54, 1.807) is 30.6 Å². The average molecular weight is 468 g/mol. The predicted molar refractivity (Wildman–Crippen MR) is 122 cm³/mol. The van der Waals surface area contributed by atoms with Gasteiger partial charge in [0, 0.05) is 55.2 Å². The molecule has 10 heteroatoms. The number of benzene rings is 1. The molecule has 0 aliphatic carbocycles. The molecule has 3 fully saturated rings. The molecule has 3 saturated heterocycles. The van der Waals surface area contributed by atoms with Gasteiger partial charge in [0.25, 0.3) is 6.01 Å². The van der Waals surface area contributed by atoms with Gasteiger partial charge in [0.2, 0.25) is 0 Å². The second-order valence-corrected chi connectivity index (χ2v) is 9.00. The zero-order valence-corrected chi connectivity index (χ0v) is 18.1. The molecule has 2 atom stereocenters. The van der Waals surface area contributed by atoms with Gasteiger partial charge in [-0.2, -0.15) is 13.8 Å². The largest absolute Gasteiger partial charge is 0.427 e. The third-order valence-corrected chi connectivity index (χ3v) is 6.56. The van der Waals surface area contributed by atoms with Crippen molar-refractivity contribution < 1.29 is 17.9 Å². The topological polar surface area (TPSA) is 76.3 Å². The molecule has 2 unspecified atom stereocenters. The van der Waals surface area contributed by atoms with Crippen molar-refractivity contribution >= 4 is 34.5 Å². The number of rotatable bonds is 6. The number of piperidine rings is 1. The summed E-state index contributed by atoms with van der Waals surface area (Å²) in [5.74, 6) is -0.0542. The van der Waals surface area contributed by atoms with E-state index in [-0.39, 0.29) is 11.3 Å². The number of hydrogen-bond acceptors (Lipinski definition) is 8. The van der Waals surface area contributed by atoms with Crippen LogP contribution in [0, 0.1) is 0 Å². The Hall–Kier alpha value is -3.37. The number of alkyl halides is 2. The molecule has 0 amide bonds. The van der Waals surface area contributed by atoms with Gasteiger partial charge in [-0.25, -0.2) is 4.98 Å². The van der Waals surface area contributed by atoms with Gasteiger partial charge in [0.1, 0.15) is 5.01 Å². The zero-order valence-electron chi connectivity index (χ0n) is 17.3. The lowest BCUT2D eigenvalue weighted by Gasteiger charge is -2.47. The molecular formula is C23H19F2N5O2S. The molecule has 3 aliphatic heterocycles. The van der Waals surface area contributed by atoms with E-state index in [1.807, 2.05) is 10.3 Å². The quantitative estimate of drug-likeness (QED) is 0.445. The summed E-state index contributed by atoms with van der Waals surface area (Å²) in [5, 5.41) is 6.04. The fourth-order valence-corrected chi connectivity index (χ4v) is 4.89. The maximum atomic E-state index is 14.7. The number of oxazole rings is 1. The normalized spacial score (nSPS) is 20.4. The minimum absolute atomic E-state index is 0.0542. The molecule has 7 nitrogen and oxygen atoms in total. The summed E-state index contributed by atoms with van der Waals surface area (Å²) in [6.45, 7) is 1.52. The van der Waals surface area contributed by atoms with E-state index in [2.05, 4.69) is 20.3 Å². The zero-order chi connectivity index (χ0) is 22.4. The third kappa shape index (κ3) is 3.96. The summed E-state index contributed by atoms with van der Waals surface area (Å²) in [7, 11) is 0. The minimum Gasteiger partial charge on any atom is -0.427 e. The number of pyridine rings is 1. The van der Waals surface area contributed by atoms with Crippen molar-refractivity contribution in [3.8, 4) is 16.3 Å². The number of anilines is 1. The average Bonchev–Trinajstić information content (AvgIpc) is 3.49. The van der Waals surface area contributed by atoms with Crippen LogP contribution >= 0.6 is 11.3 Å². The van der Waals surface area contributed by atoms with Gasteiger partial charge < -0.3 is 19.4 Å². The van der Waals surface area contributed by atoms with Crippen LogP contribution in [0.3, 0.4) is 0 Å². The van der Waals surface area contributed by atoms with Crippen molar-refractivity contribution in [1.82, 2.24) is 20.3 Å². The smallest absolute Gasteiger partial charge is 0.420 e. The van der Waals surface area contributed by atoms with Crippen LogP contribution in [0.4, 0.5) is 14.8 Å². The van der Waals surface area contributed by atoms with E-state index >= 15 is 0 Å². The molecule has 3 aromatic heterocycles. The SMILES string of the molecule is FC(F)(/C=C/c1cccnc1)Oc1ccc(-c2nccs2)c2oc(N3CC4CC(C3)N4)nc12. The fraction of sp³-hybridized carbons (Fsp3) is 0.261. The summed E-state index contributed by atoms with van der Waals surface area (Å²) < 4.78 is 40.6. The number of thiazole rings is 1. The van der Waals surface area contributed by atoms with Gasteiger partial charge in [0.05, 0.1) is 5.56 Å². The van der Waals surface area contributed by atoms with Crippen LogP contribution in [-0.2, 0) is 0 Å². The second-order valence-electron chi connectivity index (χ2n) is 8.11. The van der Waals surface area contributed by atoms with Gasteiger partial charge in [-0.3, -0.25) is 4.98 Å². The van der Waals surface area contributed by atoms with Gasteiger partial charge >= 0.3 is 6.11 Å². The maximum absolute atomic E-state index is 14.7. The number of fused-ring (bicyclic) bond motifs is 3. The standard InChI is InChI=1S/C23H19F2N5O2S/c24-23(25,6-5-14-2-1-7-26-11-14)32-18-4-3-17(21-27-8-9-33-21)20-19(18)29-22(31-20)30-12-15-10-16(13-30)28-15/h1-9,11,15-16,28H,10,12-13H2/b6-5+. The van der Waals surface area contributed by atoms with Crippen LogP contribution in [-0.4, -0.2) is 46.2 Å². The van der Waals surface area contributed by atoms with Crippen LogP contribution in [0.1, 0.15) is 12.0 Å². The molecule has 6 heterocycles. The molecule has 1 aromatic carbocycles. The molecule has 2 bridgehead atoms. The lowest BCUT2D eigenvalue weighted by molar-refractivity contribution is -0.130. The van der Waals surface area contributed by atoms with E-state index in [1.165, 1.54) is 29.7 Å². The Morgan fingerprint density at radius 2 is 2.06 bits per heavy atom. The number of halogens is 2. The number of piperazine rings is 1. The van der Waals surface area contributed by atoms with E-state index < -0.39 is 6.11 Å². The van der Waals surface area contributed by atoms with Gasteiger partial charge in [0.15, 0.2) is 16.8 Å². The molecule has 1 N–H and O–H groups in total. The van der Waals surface area contributed by atoms with Crippen LogP contribution in [0.25, 0.3) is 27.7 Å². The highest BCUT2D eigenvalue weighted by molar-refractivity contribution is 7.13. The molecule has 4 aromatic rings. The van der Waals surface area contributed by atoms with Gasteiger partial charge in [-0.05, 0) is 36.3 Å². The van der Waals surface area contributed by atoms with E-state index in [0.29, 0.717) is 40.9 Å². The molecular weight excluding hydrogens is 448 g/mol. The number of nitrogens with zero attached hydrogens (tertiary/aromatic N) is 4. The van der Waals surface area contributed by atoms with E-state index in [4.69, 9.17) is 9.15 Å². The van der Waals surface area contributed by atoms with Crippen LogP contribution in [0.2, 0.25) is 0 Å². The Labute approximate surface area is 191 Å². The molecule has 0 saturated carbocycles.